The van der Waals surface area contributed by atoms with E-state index in [1.807, 2.05) is 18.2 Å². The van der Waals surface area contributed by atoms with Gasteiger partial charge in [-0.15, -0.1) is 0 Å². The van der Waals surface area contributed by atoms with Gasteiger partial charge in [-0.2, -0.15) is 4.98 Å². The van der Waals surface area contributed by atoms with E-state index < -0.39 is 25.0 Å². The lowest BCUT2D eigenvalue weighted by Gasteiger charge is -2.14. The van der Waals surface area contributed by atoms with Gasteiger partial charge in [0.1, 0.15) is 0 Å². The van der Waals surface area contributed by atoms with Gasteiger partial charge in [-0.1, -0.05) is 35.5 Å². The highest BCUT2D eigenvalue weighted by atomic mass is 16.5. The van der Waals surface area contributed by atoms with Crippen molar-refractivity contribution >= 4 is 11.9 Å². The van der Waals surface area contributed by atoms with E-state index >= 15 is 0 Å². The lowest BCUT2D eigenvalue weighted by molar-refractivity contribution is -0.142. The Morgan fingerprint density at radius 1 is 1.10 bits per heavy atom. The molecule has 0 saturated carbocycles. The molecule has 1 aromatic carbocycles. The van der Waals surface area contributed by atoms with Crippen molar-refractivity contribution < 1.29 is 24.3 Å². The molecule has 0 atom stereocenters. The summed E-state index contributed by atoms with van der Waals surface area (Å²) >= 11 is 0. The van der Waals surface area contributed by atoms with Crippen LogP contribution < -0.4 is 0 Å². The summed E-state index contributed by atoms with van der Waals surface area (Å²) in [6, 6.07) is 9.12. The summed E-state index contributed by atoms with van der Waals surface area (Å²) in [5.41, 5.74) is 0.760. The number of hydrogen-bond acceptors (Lipinski definition) is 6. The van der Waals surface area contributed by atoms with Gasteiger partial charge in [-0.3, -0.25) is 14.5 Å². The number of carbonyl (C=O) groups is 2. The fraction of sp³-hybridized carbons (Fsp3) is 0.231. The summed E-state index contributed by atoms with van der Waals surface area (Å²) < 4.78 is 5.02. The van der Waals surface area contributed by atoms with Gasteiger partial charge in [0, 0.05) is 5.56 Å². The molecule has 0 spiro atoms. The molecule has 0 saturated heterocycles. The highest BCUT2D eigenvalue weighted by Crippen LogP contribution is 2.15. The van der Waals surface area contributed by atoms with Gasteiger partial charge < -0.3 is 14.7 Å². The molecule has 0 radical (unpaired) electrons. The van der Waals surface area contributed by atoms with Crippen molar-refractivity contribution in [2.24, 2.45) is 0 Å². The van der Waals surface area contributed by atoms with Crippen LogP contribution in [0.5, 0.6) is 0 Å². The van der Waals surface area contributed by atoms with Gasteiger partial charge in [-0.25, -0.2) is 0 Å². The molecule has 110 valence electrons. The normalized spacial score (nSPS) is 10.7. The molecule has 0 fully saturated rings. The van der Waals surface area contributed by atoms with Crippen LogP contribution in [-0.2, 0) is 16.1 Å². The zero-order chi connectivity index (χ0) is 15.2. The van der Waals surface area contributed by atoms with Crippen LogP contribution >= 0.6 is 0 Å². The minimum absolute atomic E-state index is 0.0432. The Bertz CT molecular complexity index is 610. The molecule has 8 heteroatoms. The van der Waals surface area contributed by atoms with Crippen molar-refractivity contribution in [2.75, 3.05) is 13.1 Å². The third kappa shape index (κ3) is 4.39. The van der Waals surface area contributed by atoms with E-state index in [1.54, 1.807) is 12.1 Å². The van der Waals surface area contributed by atoms with E-state index in [2.05, 4.69) is 10.1 Å². The molecule has 0 unspecified atom stereocenters. The molecule has 0 bridgehead atoms. The second kappa shape index (κ2) is 6.62. The number of carboxylic acids is 2. The number of aromatic nitrogens is 2. The molecule has 0 aliphatic rings. The molecular formula is C13H13N3O5. The number of hydrogen-bond donors (Lipinski definition) is 2. The first kappa shape index (κ1) is 14.7. The van der Waals surface area contributed by atoms with Crippen molar-refractivity contribution in [3.8, 4) is 11.4 Å². The van der Waals surface area contributed by atoms with E-state index in [4.69, 9.17) is 14.7 Å². The van der Waals surface area contributed by atoms with Gasteiger partial charge in [0.25, 0.3) is 0 Å². The number of carboxylic acid groups (broad SMARTS) is 2. The summed E-state index contributed by atoms with van der Waals surface area (Å²) in [6.07, 6.45) is 0. The Labute approximate surface area is 119 Å². The predicted molar refractivity (Wildman–Crippen MR) is 70.3 cm³/mol. The summed E-state index contributed by atoms with van der Waals surface area (Å²) in [6.45, 7) is -0.886. The molecule has 1 aromatic heterocycles. The molecular weight excluding hydrogens is 278 g/mol. The average molecular weight is 291 g/mol. The van der Waals surface area contributed by atoms with Gasteiger partial charge >= 0.3 is 11.9 Å². The molecule has 2 N–H and O–H groups in total. The van der Waals surface area contributed by atoms with Crippen molar-refractivity contribution in [1.82, 2.24) is 15.0 Å². The smallest absolute Gasteiger partial charge is 0.317 e. The third-order valence-electron chi connectivity index (χ3n) is 2.58. The molecule has 2 rings (SSSR count). The van der Waals surface area contributed by atoms with E-state index in [0.717, 1.165) is 5.56 Å². The van der Waals surface area contributed by atoms with Crippen LogP contribution in [0.3, 0.4) is 0 Å². The van der Waals surface area contributed by atoms with Crippen molar-refractivity contribution in [2.45, 2.75) is 6.54 Å². The molecule has 1 heterocycles. The highest BCUT2D eigenvalue weighted by molar-refractivity contribution is 5.72. The summed E-state index contributed by atoms with van der Waals surface area (Å²) in [4.78, 5) is 26.7. The van der Waals surface area contributed by atoms with Gasteiger partial charge in [0.15, 0.2) is 0 Å². The van der Waals surface area contributed by atoms with Crippen molar-refractivity contribution in [3.63, 3.8) is 0 Å². The molecule has 0 aliphatic carbocycles. The monoisotopic (exact) mass is 291 g/mol. The van der Waals surface area contributed by atoms with E-state index in [-0.39, 0.29) is 12.4 Å². The van der Waals surface area contributed by atoms with Gasteiger partial charge in [-0.05, 0) is 0 Å². The Balaban J connectivity index is 2.09. The van der Waals surface area contributed by atoms with Crippen LogP contribution in [0.15, 0.2) is 34.9 Å². The second-order valence-electron chi connectivity index (χ2n) is 4.31. The van der Waals surface area contributed by atoms with E-state index in [9.17, 15) is 9.59 Å². The first-order valence-electron chi connectivity index (χ1n) is 6.08. The Hall–Kier alpha value is -2.74. The summed E-state index contributed by atoms with van der Waals surface area (Å²) in [5, 5.41) is 21.3. The lowest BCUT2D eigenvalue weighted by atomic mass is 10.2. The summed E-state index contributed by atoms with van der Waals surface area (Å²) in [7, 11) is 0. The Morgan fingerprint density at radius 2 is 1.71 bits per heavy atom. The molecule has 0 amide bonds. The maximum Gasteiger partial charge on any atom is 0.317 e. The zero-order valence-corrected chi connectivity index (χ0v) is 11.0. The number of nitrogens with zero attached hydrogens (tertiary/aromatic N) is 3. The Morgan fingerprint density at radius 3 is 2.29 bits per heavy atom. The SMILES string of the molecule is O=C(O)CN(CC(=O)O)Cc1nc(-c2ccccc2)no1. The largest absolute Gasteiger partial charge is 0.480 e. The number of rotatable bonds is 7. The van der Waals surface area contributed by atoms with Crippen molar-refractivity contribution in [1.29, 1.82) is 0 Å². The lowest BCUT2D eigenvalue weighted by Crippen LogP contribution is -2.34. The minimum Gasteiger partial charge on any atom is -0.480 e. The Kier molecular flexibility index (Phi) is 4.62. The highest BCUT2D eigenvalue weighted by Gasteiger charge is 2.17. The van der Waals surface area contributed by atoms with Crippen LogP contribution in [0.2, 0.25) is 0 Å². The molecule has 21 heavy (non-hydrogen) atoms. The zero-order valence-electron chi connectivity index (χ0n) is 11.0. The molecule has 0 aliphatic heterocycles. The van der Waals surface area contributed by atoms with Crippen LogP contribution in [0, 0.1) is 0 Å². The first-order chi connectivity index (χ1) is 10.0. The maximum absolute atomic E-state index is 10.7. The van der Waals surface area contributed by atoms with E-state index in [0.29, 0.717) is 5.82 Å². The predicted octanol–water partition coefficient (Wildman–Crippen LogP) is 0.708. The van der Waals surface area contributed by atoms with Crippen LogP contribution in [0.1, 0.15) is 5.89 Å². The minimum atomic E-state index is -1.13. The summed E-state index contributed by atoms with van der Waals surface area (Å²) in [5.74, 6) is -1.72. The maximum atomic E-state index is 10.7. The van der Waals surface area contributed by atoms with Crippen molar-refractivity contribution in [3.05, 3.63) is 36.2 Å². The fourth-order valence-corrected chi connectivity index (χ4v) is 1.77. The number of aliphatic carboxylic acids is 2. The standard InChI is InChI=1S/C13H13N3O5/c17-11(18)7-16(8-12(19)20)6-10-14-13(15-21-10)9-4-2-1-3-5-9/h1-5H,6-8H2,(H,17,18)(H,19,20). The van der Waals surface area contributed by atoms with Gasteiger partial charge in [0.05, 0.1) is 19.6 Å². The number of benzene rings is 1. The average Bonchev–Trinajstić information content (AvgIpc) is 2.86. The second-order valence-corrected chi connectivity index (χ2v) is 4.31. The molecule has 8 nitrogen and oxygen atoms in total. The fourth-order valence-electron chi connectivity index (χ4n) is 1.77. The first-order valence-corrected chi connectivity index (χ1v) is 6.08. The van der Waals surface area contributed by atoms with Crippen LogP contribution in [-0.4, -0.2) is 50.3 Å². The third-order valence-corrected chi connectivity index (χ3v) is 2.58. The van der Waals surface area contributed by atoms with Crippen LogP contribution in [0.4, 0.5) is 0 Å². The van der Waals surface area contributed by atoms with Crippen LogP contribution in [0.25, 0.3) is 11.4 Å². The molecule has 2 aromatic rings. The van der Waals surface area contributed by atoms with Gasteiger partial charge in [0.2, 0.25) is 11.7 Å². The van der Waals surface area contributed by atoms with E-state index in [1.165, 1.54) is 4.90 Å². The quantitative estimate of drug-likeness (QED) is 0.766. The topological polar surface area (TPSA) is 117 Å².